The van der Waals surface area contributed by atoms with Crippen molar-refractivity contribution in [2.45, 2.75) is 18.9 Å². The lowest BCUT2D eigenvalue weighted by molar-refractivity contribution is -0.146. The molecular weight excluding hydrogens is 258 g/mol. The van der Waals surface area contributed by atoms with Gasteiger partial charge in [-0.05, 0) is 24.6 Å². The van der Waals surface area contributed by atoms with Crippen LogP contribution in [0.4, 0.5) is 0 Å². The van der Waals surface area contributed by atoms with Crippen LogP contribution in [0.5, 0.6) is 5.88 Å². The summed E-state index contributed by atoms with van der Waals surface area (Å²) in [5, 5.41) is 0. The molecule has 0 bridgehead atoms. The van der Waals surface area contributed by atoms with Crippen molar-refractivity contribution in [2.75, 3.05) is 7.11 Å². The Bertz CT molecular complexity index is 576. The summed E-state index contributed by atoms with van der Waals surface area (Å²) in [6, 6.07) is 7.30. The molecule has 20 heavy (non-hydrogen) atoms. The number of esters is 1. The zero-order valence-electron chi connectivity index (χ0n) is 11.1. The van der Waals surface area contributed by atoms with Gasteiger partial charge in [0.1, 0.15) is 12.4 Å². The summed E-state index contributed by atoms with van der Waals surface area (Å²) in [5.41, 5.74) is 0.842. The molecule has 5 heteroatoms. The molecule has 0 radical (unpaired) electrons. The second kappa shape index (κ2) is 5.36. The van der Waals surface area contributed by atoms with Gasteiger partial charge in [-0.25, -0.2) is 4.98 Å². The van der Waals surface area contributed by atoms with Crippen LogP contribution in [-0.2, 0) is 16.1 Å². The summed E-state index contributed by atoms with van der Waals surface area (Å²) in [6.07, 6.45) is 4.06. The van der Waals surface area contributed by atoms with E-state index in [1.54, 1.807) is 25.6 Å². The summed E-state index contributed by atoms with van der Waals surface area (Å²) in [5.74, 6) is 1.32. The van der Waals surface area contributed by atoms with Gasteiger partial charge in [-0.15, -0.1) is 0 Å². The number of ether oxygens (including phenoxy) is 2. The normalized spacial score (nSPS) is 20.4. The molecule has 3 rings (SSSR count). The third kappa shape index (κ3) is 2.66. The topological polar surface area (TPSA) is 61.6 Å². The van der Waals surface area contributed by atoms with E-state index in [1.165, 1.54) is 0 Å². The van der Waals surface area contributed by atoms with Gasteiger partial charge in [0.25, 0.3) is 0 Å². The number of hydrogen-bond donors (Lipinski definition) is 0. The molecule has 0 N–H and O–H groups in total. The maximum absolute atomic E-state index is 11.9. The largest absolute Gasteiger partial charge is 0.481 e. The van der Waals surface area contributed by atoms with E-state index in [9.17, 15) is 4.79 Å². The number of rotatable bonds is 5. The van der Waals surface area contributed by atoms with Crippen molar-refractivity contribution in [3.63, 3.8) is 0 Å². The highest BCUT2D eigenvalue weighted by Gasteiger charge is 2.47. The number of pyridine rings is 1. The minimum atomic E-state index is -0.179. The molecule has 0 amide bonds. The van der Waals surface area contributed by atoms with Crippen LogP contribution < -0.4 is 4.74 Å². The molecule has 2 aromatic heterocycles. The average molecular weight is 273 g/mol. The molecule has 104 valence electrons. The monoisotopic (exact) mass is 273 g/mol. The van der Waals surface area contributed by atoms with Crippen LogP contribution in [0.3, 0.4) is 0 Å². The number of nitrogens with zero attached hydrogens (tertiary/aromatic N) is 1. The summed E-state index contributed by atoms with van der Waals surface area (Å²) >= 11 is 0. The first kappa shape index (κ1) is 12.7. The quantitative estimate of drug-likeness (QED) is 0.783. The average Bonchev–Trinajstić information content (AvgIpc) is 3.11. The Morgan fingerprint density at radius 3 is 3.00 bits per heavy atom. The fourth-order valence-electron chi connectivity index (χ4n) is 2.15. The second-order valence-corrected chi connectivity index (χ2v) is 4.78. The standard InChI is InChI=1S/C15H15NO4/c1-18-14-5-4-10(8-16-14)9-20-15(17)12-7-11(12)13-3-2-6-19-13/h2-6,8,11-12H,7,9H2,1H3/t11-,12+/m0/s1. The highest BCUT2D eigenvalue weighted by atomic mass is 16.5. The Hall–Kier alpha value is -2.30. The van der Waals surface area contributed by atoms with Crippen LogP contribution in [0.2, 0.25) is 0 Å². The van der Waals surface area contributed by atoms with Gasteiger partial charge >= 0.3 is 5.97 Å². The van der Waals surface area contributed by atoms with E-state index in [4.69, 9.17) is 13.9 Å². The van der Waals surface area contributed by atoms with Gasteiger partial charge < -0.3 is 13.9 Å². The Morgan fingerprint density at radius 2 is 2.35 bits per heavy atom. The van der Waals surface area contributed by atoms with E-state index in [2.05, 4.69) is 4.98 Å². The molecule has 0 aromatic carbocycles. The molecule has 2 atom stereocenters. The molecular formula is C15H15NO4. The molecule has 0 unspecified atom stereocenters. The fraction of sp³-hybridized carbons (Fsp3) is 0.333. The van der Waals surface area contributed by atoms with E-state index in [-0.39, 0.29) is 24.4 Å². The first-order valence-electron chi connectivity index (χ1n) is 6.47. The molecule has 0 spiro atoms. The fourth-order valence-corrected chi connectivity index (χ4v) is 2.15. The lowest BCUT2D eigenvalue weighted by Gasteiger charge is -2.05. The van der Waals surface area contributed by atoms with Crippen LogP contribution in [0, 0.1) is 5.92 Å². The molecule has 1 fully saturated rings. The van der Waals surface area contributed by atoms with Gasteiger partial charge in [0.05, 0.1) is 19.3 Å². The van der Waals surface area contributed by atoms with Gasteiger partial charge in [0, 0.05) is 23.7 Å². The SMILES string of the molecule is COc1ccc(COC(=O)[C@@H]2C[C@@H]2c2ccco2)cn1. The van der Waals surface area contributed by atoms with Gasteiger partial charge in [-0.2, -0.15) is 0 Å². The highest BCUT2D eigenvalue weighted by Crippen LogP contribution is 2.48. The molecule has 2 aromatic rings. The van der Waals surface area contributed by atoms with Crippen molar-refractivity contribution in [1.82, 2.24) is 4.98 Å². The molecule has 0 aliphatic heterocycles. The van der Waals surface area contributed by atoms with Gasteiger partial charge in [0.15, 0.2) is 0 Å². The number of carbonyl (C=O) groups is 1. The summed E-state index contributed by atoms with van der Waals surface area (Å²) in [4.78, 5) is 16.0. The van der Waals surface area contributed by atoms with E-state index in [1.807, 2.05) is 18.2 Å². The Morgan fingerprint density at radius 1 is 1.45 bits per heavy atom. The summed E-state index contributed by atoms with van der Waals surface area (Å²) in [6.45, 7) is 0.233. The van der Waals surface area contributed by atoms with Gasteiger partial charge in [-0.1, -0.05) is 0 Å². The van der Waals surface area contributed by atoms with Crippen molar-refractivity contribution in [3.05, 3.63) is 48.0 Å². The Balaban J connectivity index is 1.50. The highest BCUT2D eigenvalue weighted by molar-refractivity contribution is 5.77. The zero-order valence-corrected chi connectivity index (χ0v) is 11.1. The van der Waals surface area contributed by atoms with Gasteiger partial charge in [0.2, 0.25) is 5.88 Å². The molecule has 0 saturated heterocycles. The number of methoxy groups -OCH3 is 1. The lowest BCUT2D eigenvalue weighted by Crippen LogP contribution is -2.08. The van der Waals surface area contributed by atoms with Crippen molar-refractivity contribution in [1.29, 1.82) is 0 Å². The molecule has 2 heterocycles. The van der Waals surface area contributed by atoms with Crippen molar-refractivity contribution in [2.24, 2.45) is 5.92 Å². The minimum absolute atomic E-state index is 0.0765. The van der Waals surface area contributed by atoms with Crippen LogP contribution in [0.25, 0.3) is 0 Å². The third-order valence-corrected chi connectivity index (χ3v) is 3.39. The smallest absolute Gasteiger partial charge is 0.310 e. The number of carbonyl (C=O) groups excluding carboxylic acids is 1. The van der Waals surface area contributed by atoms with Crippen LogP contribution in [0.15, 0.2) is 41.1 Å². The maximum atomic E-state index is 11.9. The first-order valence-corrected chi connectivity index (χ1v) is 6.47. The van der Waals surface area contributed by atoms with Crippen molar-refractivity contribution < 1.29 is 18.7 Å². The molecule has 5 nitrogen and oxygen atoms in total. The van der Waals surface area contributed by atoms with E-state index in [0.29, 0.717) is 5.88 Å². The Kier molecular flexibility index (Phi) is 3.41. The first-order chi connectivity index (χ1) is 9.78. The van der Waals surface area contributed by atoms with E-state index in [0.717, 1.165) is 17.7 Å². The number of aromatic nitrogens is 1. The zero-order chi connectivity index (χ0) is 13.9. The third-order valence-electron chi connectivity index (χ3n) is 3.39. The predicted molar refractivity (Wildman–Crippen MR) is 70.1 cm³/mol. The summed E-state index contributed by atoms with van der Waals surface area (Å²) < 4.78 is 15.6. The van der Waals surface area contributed by atoms with E-state index < -0.39 is 0 Å². The Labute approximate surface area is 116 Å². The predicted octanol–water partition coefficient (Wildman–Crippen LogP) is 2.53. The van der Waals surface area contributed by atoms with Gasteiger partial charge in [-0.3, -0.25) is 4.79 Å². The molecule has 1 saturated carbocycles. The van der Waals surface area contributed by atoms with Crippen LogP contribution in [-0.4, -0.2) is 18.1 Å². The summed E-state index contributed by atoms with van der Waals surface area (Å²) in [7, 11) is 1.56. The lowest BCUT2D eigenvalue weighted by atomic mass is 10.2. The molecule has 1 aliphatic rings. The maximum Gasteiger partial charge on any atom is 0.310 e. The van der Waals surface area contributed by atoms with Crippen LogP contribution in [0.1, 0.15) is 23.7 Å². The number of furan rings is 1. The molecule has 1 aliphatic carbocycles. The second-order valence-electron chi connectivity index (χ2n) is 4.78. The number of hydrogen-bond acceptors (Lipinski definition) is 5. The minimum Gasteiger partial charge on any atom is -0.481 e. The van der Waals surface area contributed by atoms with Crippen LogP contribution >= 0.6 is 0 Å². The van der Waals surface area contributed by atoms with E-state index >= 15 is 0 Å². The van der Waals surface area contributed by atoms with Crippen molar-refractivity contribution >= 4 is 5.97 Å². The van der Waals surface area contributed by atoms with Crippen molar-refractivity contribution in [3.8, 4) is 5.88 Å².